The fourth-order valence-electron chi connectivity index (χ4n) is 2.86. The maximum absolute atomic E-state index is 12.6. The average Bonchev–Trinajstić information content (AvgIpc) is 3.22. The van der Waals surface area contributed by atoms with Crippen LogP contribution in [-0.4, -0.2) is 33.3 Å². The van der Waals surface area contributed by atoms with E-state index in [1.807, 2.05) is 26.0 Å². The Balaban J connectivity index is 1.87. The normalized spacial score (nSPS) is 15.2. The Bertz CT molecular complexity index is 825. The second kappa shape index (κ2) is 6.52. The van der Waals surface area contributed by atoms with Gasteiger partial charge in [0.1, 0.15) is 0 Å². The lowest BCUT2D eigenvalue weighted by Gasteiger charge is -2.14. The summed E-state index contributed by atoms with van der Waals surface area (Å²) in [6, 6.07) is 7.26. The minimum atomic E-state index is -0.855. The molecule has 3 rings (SSSR count). The van der Waals surface area contributed by atoms with Crippen molar-refractivity contribution in [1.29, 1.82) is 0 Å². The molecule has 1 fully saturated rings. The zero-order valence-corrected chi connectivity index (χ0v) is 14.9. The van der Waals surface area contributed by atoms with Crippen LogP contribution < -0.4 is 5.32 Å². The van der Waals surface area contributed by atoms with E-state index in [1.54, 1.807) is 16.8 Å². The lowest BCUT2D eigenvalue weighted by molar-refractivity contribution is -0.143. The van der Waals surface area contributed by atoms with E-state index in [9.17, 15) is 14.7 Å². The smallest absolute Gasteiger partial charge is 0.311 e. The summed E-state index contributed by atoms with van der Waals surface area (Å²) in [5, 5.41) is 16.9. The Kier molecular flexibility index (Phi) is 4.56. The van der Waals surface area contributed by atoms with Gasteiger partial charge in [-0.05, 0) is 37.0 Å². The molecule has 0 spiro atoms. The summed E-state index contributed by atoms with van der Waals surface area (Å²) >= 11 is 6.06. The number of aliphatic carboxylic acids is 1. The number of amides is 1. The molecule has 0 bridgehead atoms. The Morgan fingerprint density at radius 2 is 2.12 bits per heavy atom. The maximum atomic E-state index is 12.6. The molecule has 1 heterocycles. The van der Waals surface area contributed by atoms with Crippen molar-refractivity contribution in [3.63, 3.8) is 0 Å². The number of aromatic nitrogens is 2. The summed E-state index contributed by atoms with van der Waals surface area (Å²) in [4.78, 5) is 23.8. The van der Waals surface area contributed by atoms with E-state index in [0.717, 1.165) is 11.4 Å². The molecule has 2 N–H and O–H groups in total. The fraction of sp³-hybridized carbons (Fsp3) is 0.389. The van der Waals surface area contributed by atoms with E-state index in [4.69, 9.17) is 11.6 Å². The van der Waals surface area contributed by atoms with Crippen LogP contribution in [0.25, 0.3) is 5.69 Å². The van der Waals surface area contributed by atoms with Crippen LogP contribution in [0.1, 0.15) is 48.7 Å². The van der Waals surface area contributed by atoms with Crippen LogP contribution in [0.15, 0.2) is 30.5 Å². The first kappa shape index (κ1) is 17.5. The largest absolute Gasteiger partial charge is 0.481 e. The van der Waals surface area contributed by atoms with Crippen LogP contribution >= 0.6 is 11.6 Å². The number of hydrogen-bond donors (Lipinski definition) is 2. The Hall–Kier alpha value is -2.34. The lowest BCUT2D eigenvalue weighted by atomic mass is 10.0. The fourth-order valence-corrected chi connectivity index (χ4v) is 3.05. The van der Waals surface area contributed by atoms with E-state index in [2.05, 4.69) is 10.4 Å². The number of nitrogens with one attached hydrogen (secondary N) is 1. The number of halogens is 1. The molecule has 1 saturated carbocycles. The number of carboxylic acid groups (broad SMARTS) is 1. The summed E-state index contributed by atoms with van der Waals surface area (Å²) in [5.74, 6) is -1.10. The third kappa shape index (κ3) is 3.39. The van der Waals surface area contributed by atoms with Gasteiger partial charge in [-0.15, -0.1) is 0 Å². The Morgan fingerprint density at radius 3 is 2.68 bits per heavy atom. The van der Waals surface area contributed by atoms with Crippen LogP contribution in [0, 0.1) is 5.41 Å². The van der Waals surface area contributed by atoms with Crippen molar-refractivity contribution in [1.82, 2.24) is 15.1 Å². The first-order valence-electron chi connectivity index (χ1n) is 8.19. The highest BCUT2D eigenvalue weighted by atomic mass is 35.5. The highest BCUT2D eigenvalue weighted by Gasteiger charge is 2.50. The third-order valence-electron chi connectivity index (χ3n) is 4.55. The molecule has 7 heteroatoms. The molecule has 0 atom stereocenters. The number of hydrogen-bond acceptors (Lipinski definition) is 3. The molecule has 1 aromatic heterocycles. The van der Waals surface area contributed by atoms with Gasteiger partial charge in [0.05, 0.1) is 28.6 Å². The third-order valence-corrected chi connectivity index (χ3v) is 4.78. The molecular weight excluding hydrogens is 342 g/mol. The molecule has 1 aromatic carbocycles. The van der Waals surface area contributed by atoms with Crippen molar-refractivity contribution in [3.8, 4) is 5.69 Å². The van der Waals surface area contributed by atoms with E-state index >= 15 is 0 Å². The molecule has 0 unspecified atom stereocenters. The number of carbonyl (C=O) groups is 2. The van der Waals surface area contributed by atoms with Gasteiger partial charge in [-0.25, -0.2) is 4.68 Å². The van der Waals surface area contributed by atoms with Gasteiger partial charge in [-0.3, -0.25) is 9.59 Å². The maximum Gasteiger partial charge on any atom is 0.311 e. The van der Waals surface area contributed by atoms with Crippen LogP contribution in [0.2, 0.25) is 5.02 Å². The van der Waals surface area contributed by atoms with Crippen LogP contribution in [0.5, 0.6) is 0 Å². The monoisotopic (exact) mass is 361 g/mol. The van der Waals surface area contributed by atoms with E-state index < -0.39 is 11.4 Å². The molecule has 0 saturated heterocycles. The molecule has 0 radical (unpaired) electrons. The molecule has 2 aromatic rings. The van der Waals surface area contributed by atoms with Gasteiger partial charge in [0.15, 0.2) is 0 Å². The predicted octanol–water partition coefficient (Wildman–Crippen LogP) is 3.24. The molecule has 1 aliphatic rings. The van der Waals surface area contributed by atoms with Crippen LogP contribution in [-0.2, 0) is 4.79 Å². The summed E-state index contributed by atoms with van der Waals surface area (Å²) < 4.78 is 1.70. The Labute approximate surface area is 150 Å². The minimum Gasteiger partial charge on any atom is -0.481 e. The molecule has 1 amide bonds. The standard InChI is InChI=1S/C18H20ClN3O3/c1-11(2)15-14(16(23)20-10-18(6-7-18)17(24)25)9-21-22(15)13-5-3-4-12(19)8-13/h3-5,8-9,11H,6-7,10H2,1-2H3,(H,20,23)(H,24,25). The van der Waals surface area contributed by atoms with Gasteiger partial charge in [-0.2, -0.15) is 5.10 Å². The number of benzene rings is 1. The van der Waals surface area contributed by atoms with E-state index in [1.165, 1.54) is 6.20 Å². The second-order valence-electron chi connectivity index (χ2n) is 6.76. The van der Waals surface area contributed by atoms with E-state index in [0.29, 0.717) is 23.4 Å². The summed E-state index contributed by atoms with van der Waals surface area (Å²) in [6.45, 7) is 4.10. The summed E-state index contributed by atoms with van der Waals surface area (Å²) in [7, 11) is 0. The summed E-state index contributed by atoms with van der Waals surface area (Å²) in [5.41, 5.74) is 1.20. The van der Waals surface area contributed by atoms with Crippen molar-refractivity contribution in [2.45, 2.75) is 32.6 Å². The van der Waals surface area contributed by atoms with Gasteiger partial charge >= 0.3 is 5.97 Å². The van der Waals surface area contributed by atoms with Crippen molar-refractivity contribution in [2.24, 2.45) is 5.41 Å². The van der Waals surface area contributed by atoms with E-state index in [-0.39, 0.29) is 18.4 Å². The van der Waals surface area contributed by atoms with Gasteiger partial charge in [0, 0.05) is 11.6 Å². The Morgan fingerprint density at radius 1 is 1.40 bits per heavy atom. The SMILES string of the molecule is CC(C)c1c(C(=O)NCC2(C(=O)O)CC2)cnn1-c1cccc(Cl)c1. The highest BCUT2D eigenvalue weighted by molar-refractivity contribution is 6.30. The molecule has 6 nitrogen and oxygen atoms in total. The molecular formula is C18H20ClN3O3. The molecule has 1 aliphatic carbocycles. The molecule has 0 aliphatic heterocycles. The van der Waals surface area contributed by atoms with Crippen LogP contribution in [0.3, 0.4) is 0 Å². The topological polar surface area (TPSA) is 84.2 Å². The molecule has 25 heavy (non-hydrogen) atoms. The van der Waals surface area contributed by atoms with Crippen molar-refractivity contribution >= 4 is 23.5 Å². The van der Waals surface area contributed by atoms with Gasteiger partial charge in [0.25, 0.3) is 5.91 Å². The van der Waals surface area contributed by atoms with Crippen molar-refractivity contribution in [3.05, 3.63) is 46.7 Å². The second-order valence-corrected chi connectivity index (χ2v) is 7.19. The summed E-state index contributed by atoms with van der Waals surface area (Å²) in [6.07, 6.45) is 2.72. The number of rotatable bonds is 6. The predicted molar refractivity (Wildman–Crippen MR) is 94.3 cm³/mol. The number of nitrogens with zero attached hydrogens (tertiary/aromatic N) is 2. The van der Waals surface area contributed by atoms with Gasteiger partial charge in [0.2, 0.25) is 0 Å². The van der Waals surface area contributed by atoms with Gasteiger partial charge < -0.3 is 10.4 Å². The highest BCUT2D eigenvalue weighted by Crippen LogP contribution is 2.45. The minimum absolute atomic E-state index is 0.0524. The number of carboxylic acids is 1. The van der Waals surface area contributed by atoms with Crippen molar-refractivity contribution < 1.29 is 14.7 Å². The zero-order valence-electron chi connectivity index (χ0n) is 14.1. The van der Waals surface area contributed by atoms with Gasteiger partial charge in [-0.1, -0.05) is 31.5 Å². The first-order valence-corrected chi connectivity index (χ1v) is 8.57. The van der Waals surface area contributed by atoms with Crippen molar-refractivity contribution in [2.75, 3.05) is 6.54 Å². The number of carbonyl (C=O) groups excluding carboxylic acids is 1. The zero-order chi connectivity index (χ0) is 18.2. The average molecular weight is 362 g/mol. The first-order chi connectivity index (χ1) is 11.8. The lowest BCUT2D eigenvalue weighted by Crippen LogP contribution is -2.34. The van der Waals surface area contributed by atoms with Crippen LogP contribution in [0.4, 0.5) is 0 Å². The molecule has 132 valence electrons. The quantitative estimate of drug-likeness (QED) is 0.827.